The van der Waals surface area contributed by atoms with Gasteiger partial charge < -0.3 is 14.0 Å². The predicted octanol–water partition coefficient (Wildman–Crippen LogP) is 3.64. The Balaban J connectivity index is 1.94. The monoisotopic (exact) mass is 350 g/mol. The molecular formula is C20H22N4O2. The molecule has 0 atom stereocenters. The Hall–Kier alpha value is -3.07. The Morgan fingerprint density at radius 3 is 2.96 bits per heavy atom. The second-order valence-electron chi connectivity index (χ2n) is 6.08. The van der Waals surface area contributed by atoms with Gasteiger partial charge in [0.2, 0.25) is 0 Å². The Bertz CT molecular complexity index is 861. The number of aryl methyl sites for hydroxylation is 1. The molecule has 0 saturated heterocycles. The number of nitriles is 1. The molecule has 2 heterocycles. The van der Waals surface area contributed by atoms with Crippen molar-refractivity contribution in [3.05, 3.63) is 48.1 Å². The van der Waals surface area contributed by atoms with Crippen LogP contribution in [0.3, 0.4) is 0 Å². The molecule has 0 amide bonds. The molecule has 0 aliphatic carbocycles. The van der Waals surface area contributed by atoms with Gasteiger partial charge in [0.25, 0.3) is 0 Å². The number of benzene rings is 1. The van der Waals surface area contributed by atoms with Crippen LogP contribution in [0.25, 0.3) is 11.6 Å². The van der Waals surface area contributed by atoms with Crippen LogP contribution < -0.4 is 9.47 Å². The first-order valence-electron chi connectivity index (χ1n) is 8.72. The number of hydrogen-bond acceptors (Lipinski definition) is 5. The topological polar surface area (TPSA) is 73.0 Å². The molecule has 0 fully saturated rings. The summed E-state index contributed by atoms with van der Waals surface area (Å²) in [6.07, 6.45) is 7.78. The predicted molar refractivity (Wildman–Crippen MR) is 99.7 cm³/mol. The summed E-state index contributed by atoms with van der Waals surface area (Å²) in [6.45, 7) is 4.90. The number of methoxy groups -OCH3 is 1. The van der Waals surface area contributed by atoms with Gasteiger partial charge in [0, 0.05) is 13.0 Å². The third-order valence-corrected chi connectivity index (χ3v) is 4.33. The Morgan fingerprint density at radius 2 is 2.19 bits per heavy atom. The van der Waals surface area contributed by atoms with Gasteiger partial charge in [-0.05, 0) is 36.6 Å². The summed E-state index contributed by atoms with van der Waals surface area (Å²) < 4.78 is 13.0. The van der Waals surface area contributed by atoms with E-state index in [1.807, 2.05) is 24.3 Å². The summed E-state index contributed by atoms with van der Waals surface area (Å²) in [5.74, 6) is 2.84. The Kier molecular flexibility index (Phi) is 5.69. The van der Waals surface area contributed by atoms with Gasteiger partial charge in [-0.1, -0.05) is 25.1 Å². The number of aromatic nitrogens is 3. The SMILES string of the molecule is C=CCOc1ccc(C=C(C#N)c2nnc3n2CCCCC3)cc1OC. The summed E-state index contributed by atoms with van der Waals surface area (Å²) >= 11 is 0. The number of allylic oxidation sites excluding steroid dienone is 1. The molecule has 1 aromatic heterocycles. The first-order valence-corrected chi connectivity index (χ1v) is 8.72. The molecule has 0 saturated carbocycles. The molecule has 134 valence electrons. The minimum Gasteiger partial charge on any atom is -0.493 e. The van der Waals surface area contributed by atoms with Crippen molar-refractivity contribution in [1.82, 2.24) is 14.8 Å². The number of rotatable bonds is 6. The van der Waals surface area contributed by atoms with E-state index >= 15 is 0 Å². The van der Waals surface area contributed by atoms with Crippen molar-refractivity contribution in [3.8, 4) is 17.6 Å². The van der Waals surface area contributed by atoms with Crippen LogP contribution >= 0.6 is 0 Å². The molecule has 0 radical (unpaired) electrons. The van der Waals surface area contributed by atoms with E-state index in [2.05, 4.69) is 27.4 Å². The van der Waals surface area contributed by atoms with Gasteiger partial charge in [0.05, 0.1) is 12.7 Å². The molecule has 1 aliphatic heterocycles. The first-order chi connectivity index (χ1) is 12.8. The average molecular weight is 350 g/mol. The second kappa shape index (κ2) is 8.34. The molecule has 3 rings (SSSR count). The van der Waals surface area contributed by atoms with Crippen LogP contribution in [-0.4, -0.2) is 28.5 Å². The molecule has 6 heteroatoms. The summed E-state index contributed by atoms with van der Waals surface area (Å²) in [5.41, 5.74) is 1.34. The molecular weight excluding hydrogens is 328 g/mol. The van der Waals surface area contributed by atoms with Crippen molar-refractivity contribution in [2.45, 2.75) is 32.2 Å². The molecule has 1 aliphatic rings. The molecule has 26 heavy (non-hydrogen) atoms. The van der Waals surface area contributed by atoms with Crippen LogP contribution in [-0.2, 0) is 13.0 Å². The maximum absolute atomic E-state index is 9.66. The molecule has 0 bridgehead atoms. The summed E-state index contributed by atoms with van der Waals surface area (Å²) in [7, 11) is 1.59. The number of hydrogen-bond donors (Lipinski definition) is 0. The molecule has 0 unspecified atom stereocenters. The zero-order valence-corrected chi connectivity index (χ0v) is 14.9. The Labute approximate surface area is 153 Å². The molecule has 0 N–H and O–H groups in total. The van der Waals surface area contributed by atoms with Gasteiger partial charge in [-0.15, -0.1) is 10.2 Å². The zero-order valence-electron chi connectivity index (χ0n) is 14.9. The van der Waals surface area contributed by atoms with E-state index in [9.17, 15) is 5.26 Å². The van der Waals surface area contributed by atoms with Crippen molar-refractivity contribution in [2.75, 3.05) is 13.7 Å². The van der Waals surface area contributed by atoms with E-state index in [-0.39, 0.29) is 0 Å². The highest BCUT2D eigenvalue weighted by Gasteiger charge is 2.17. The van der Waals surface area contributed by atoms with Gasteiger partial charge in [-0.3, -0.25) is 0 Å². The van der Waals surface area contributed by atoms with E-state index < -0.39 is 0 Å². The molecule has 0 spiro atoms. The van der Waals surface area contributed by atoms with Gasteiger partial charge in [0.15, 0.2) is 17.3 Å². The average Bonchev–Trinajstić information content (AvgIpc) is 2.92. The lowest BCUT2D eigenvalue weighted by molar-refractivity contribution is 0.326. The summed E-state index contributed by atoms with van der Waals surface area (Å²) in [4.78, 5) is 0. The quantitative estimate of drug-likeness (QED) is 0.587. The lowest BCUT2D eigenvalue weighted by atomic mass is 10.1. The third kappa shape index (κ3) is 3.77. The highest BCUT2D eigenvalue weighted by molar-refractivity contribution is 5.87. The van der Waals surface area contributed by atoms with Gasteiger partial charge >= 0.3 is 0 Å². The molecule has 1 aromatic carbocycles. The number of nitrogens with zero attached hydrogens (tertiary/aromatic N) is 4. The zero-order chi connectivity index (χ0) is 18.4. The minimum atomic E-state index is 0.404. The van der Waals surface area contributed by atoms with E-state index in [0.29, 0.717) is 29.5 Å². The lowest BCUT2D eigenvalue weighted by Gasteiger charge is -2.10. The summed E-state index contributed by atoms with van der Waals surface area (Å²) in [5, 5.41) is 18.2. The van der Waals surface area contributed by atoms with Crippen LogP contribution in [0.5, 0.6) is 11.5 Å². The highest BCUT2D eigenvalue weighted by atomic mass is 16.5. The van der Waals surface area contributed by atoms with Crippen LogP contribution in [0.1, 0.15) is 36.5 Å². The van der Waals surface area contributed by atoms with Crippen LogP contribution in [0.4, 0.5) is 0 Å². The molecule has 6 nitrogen and oxygen atoms in total. The van der Waals surface area contributed by atoms with E-state index in [1.165, 1.54) is 6.42 Å². The van der Waals surface area contributed by atoms with Gasteiger partial charge in [-0.25, -0.2) is 0 Å². The standard InChI is InChI=1S/C20H22N4O2/c1-3-11-26-17-9-8-15(13-18(17)25-2)12-16(14-21)20-23-22-19-7-5-4-6-10-24(19)20/h3,8-9,12-13H,1,4-7,10-11H2,2H3. The number of fused-ring (bicyclic) bond motifs is 1. The van der Waals surface area contributed by atoms with Crippen molar-refractivity contribution >= 4 is 11.6 Å². The normalized spacial score (nSPS) is 14.1. The third-order valence-electron chi connectivity index (χ3n) is 4.33. The van der Waals surface area contributed by atoms with Crippen LogP contribution in [0.15, 0.2) is 30.9 Å². The highest BCUT2D eigenvalue weighted by Crippen LogP contribution is 2.30. The fourth-order valence-electron chi connectivity index (χ4n) is 3.04. The van der Waals surface area contributed by atoms with Crippen molar-refractivity contribution in [2.24, 2.45) is 0 Å². The fourth-order valence-corrected chi connectivity index (χ4v) is 3.04. The van der Waals surface area contributed by atoms with Crippen molar-refractivity contribution < 1.29 is 9.47 Å². The first kappa shape index (κ1) is 17.7. The minimum absolute atomic E-state index is 0.404. The Morgan fingerprint density at radius 1 is 1.31 bits per heavy atom. The lowest BCUT2D eigenvalue weighted by Crippen LogP contribution is -2.05. The maximum atomic E-state index is 9.66. The smallest absolute Gasteiger partial charge is 0.174 e. The number of ether oxygens (including phenoxy) is 2. The van der Waals surface area contributed by atoms with Gasteiger partial charge in [0.1, 0.15) is 18.5 Å². The van der Waals surface area contributed by atoms with E-state index in [4.69, 9.17) is 9.47 Å². The van der Waals surface area contributed by atoms with E-state index in [1.54, 1.807) is 13.2 Å². The van der Waals surface area contributed by atoms with E-state index in [0.717, 1.165) is 37.2 Å². The van der Waals surface area contributed by atoms with Crippen LogP contribution in [0.2, 0.25) is 0 Å². The fraction of sp³-hybridized carbons (Fsp3) is 0.350. The van der Waals surface area contributed by atoms with Crippen molar-refractivity contribution in [1.29, 1.82) is 5.26 Å². The second-order valence-corrected chi connectivity index (χ2v) is 6.08. The summed E-state index contributed by atoms with van der Waals surface area (Å²) in [6, 6.07) is 7.82. The van der Waals surface area contributed by atoms with Crippen LogP contribution in [0, 0.1) is 11.3 Å². The largest absolute Gasteiger partial charge is 0.493 e. The van der Waals surface area contributed by atoms with Crippen molar-refractivity contribution in [3.63, 3.8) is 0 Å². The molecule has 2 aromatic rings. The maximum Gasteiger partial charge on any atom is 0.174 e. The van der Waals surface area contributed by atoms with Gasteiger partial charge in [-0.2, -0.15) is 5.26 Å².